The summed E-state index contributed by atoms with van der Waals surface area (Å²) in [5.41, 5.74) is -0.863. The summed E-state index contributed by atoms with van der Waals surface area (Å²) >= 11 is 0. The van der Waals surface area contributed by atoms with Crippen molar-refractivity contribution < 1.29 is 18.7 Å². The number of carbonyl (C=O) groups excluding carboxylic acids is 2. The van der Waals surface area contributed by atoms with Crippen LogP contribution in [0.25, 0.3) is 0 Å². The molecule has 1 aliphatic heterocycles. The molecule has 118 valence electrons. The second-order valence-corrected chi connectivity index (χ2v) is 5.36. The van der Waals surface area contributed by atoms with E-state index >= 15 is 0 Å². The lowest BCUT2D eigenvalue weighted by atomic mass is 10.0. The van der Waals surface area contributed by atoms with Crippen LogP contribution in [0.2, 0.25) is 0 Å². The van der Waals surface area contributed by atoms with Crippen LogP contribution in [0.15, 0.2) is 48.5 Å². The number of hydrogen-bond donors (Lipinski definition) is 2. The van der Waals surface area contributed by atoms with Gasteiger partial charge in [-0.05, 0) is 25.1 Å². The number of hydrogen-bond acceptors (Lipinski definition) is 3. The molecular weight excluding hydrogens is 299 g/mol. The third kappa shape index (κ3) is 2.75. The molecule has 0 aliphatic carbocycles. The number of nitrogens with one attached hydrogen (secondary N) is 2. The number of carbonyl (C=O) groups is 2. The van der Waals surface area contributed by atoms with Gasteiger partial charge in [0, 0.05) is 12.1 Å². The van der Waals surface area contributed by atoms with Gasteiger partial charge in [0.15, 0.2) is 0 Å². The second-order valence-electron chi connectivity index (χ2n) is 5.36. The van der Waals surface area contributed by atoms with E-state index in [4.69, 9.17) is 4.74 Å². The molecule has 0 radical (unpaired) electrons. The molecule has 0 saturated heterocycles. The van der Waals surface area contributed by atoms with Gasteiger partial charge in [0.05, 0.1) is 5.69 Å². The summed E-state index contributed by atoms with van der Waals surface area (Å²) in [7, 11) is 0. The van der Waals surface area contributed by atoms with Crippen molar-refractivity contribution in [3.05, 3.63) is 59.9 Å². The van der Waals surface area contributed by atoms with Crippen LogP contribution in [0, 0.1) is 5.82 Å². The molecular formula is C17H15FN2O3. The first-order chi connectivity index (χ1) is 11.0. The van der Waals surface area contributed by atoms with Crippen molar-refractivity contribution in [3.63, 3.8) is 0 Å². The van der Waals surface area contributed by atoms with Gasteiger partial charge in [-0.3, -0.25) is 9.59 Å². The molecule has 3 rings (SSSR count). The largest absolute Gasteiger partial charge is 0.466 e. The number of ether oxygens (including phenoxy) is 1. The molecule has 23 heavy (non-hydrogen) atoms. The fourth-order valence-corrected chi connectivity index (χ4v) is 2.30. The Hall–Kier alpha value is -2.89. The van der Waals surface area contributed by atoms with Gasteiger partial charge in [-0.2, -0.15) is 0 Å². The molecule has 1 atom stereocenters. The van der Waals surface area contributed by atoms with E-state index < -0.39 is 23.2 Å². The molecule has 6 heteroatoms. The fraction of sp³-hybridized carbons (Fsp3) is 0.176. The van der Waals surface area contributed by atoms with Gasteiger partial charge in [0.25, 0.3) is 17.4 Å². The third-order valence-electron chi connectivity index (χ3n) is 3.71. The van der Waals surface area contributed by atoms with Gasteiger partial charge < -0.3 is 15.4 Å². The van der Waals surface area contributed by atoms with Crippen LogP contribution >= 0.6 is 0 Å². The van der Waals surface area contributed by atoms with Gasteiger partial charge in [-0.15, -0.1) is 0 Å². The topological polar surface area (TPSA) is 67.4 Å². The standard InChI is InChI=1S/C17H15FN2O3/c1-17(15(21)19-10-11-6-2-3-7-12(11)18)16(22)20-13-8-4-5-9-14(13)23-17/h2-9H,10H2,1H3,(H,19,21)(H,20,22)/t17-/m1/s1. The van der Waals surface area contributed by atoms with Crippen molar-refractivity contribution in [1.82, 2.24) is 5.32 Å². The zero-order valence-corrected chi connectivity index (χ0v) is 12.4. The summed E-state index contributed by atoms with van der Waals surface area (Å²) in [5.74, 6) is -1.21. The maximum atomic E-state index is 13.6. The van der Waals surface area contributed by atoms with E-state index in [0.29, 0.717) is 17.0 Å². The van der Waals surface area contributed by atoms with Crippen molar-refractivity contribution in [1.29, 1.82) is 0 Å². The quantitative estimate of drug-likeness (QED) is 0.854. The minimum Gasteiger partial charge on any atom is -0.466 e. The SMILES string of the molecule is C[C@]1(C(=O)NCc2ccccc2F)Oc2ccccc2NC1=O. The lowest BCUT2D eigenvalue weighted by Gasteiger charge is -2.33. The maximum absolute atomic E-state index is 13.6. The Labute approximate surface area is 132 Å². The van der Waals surface area contributed by atoms with Crippen molar-refractivity contribution in [2.75, 3.05) is 5.32 Å². The monoisotopic (exact) mass is 314 g/mol. The van der Waals surface area contributed by atoms with Crippen LogP contribution < -0.4 is 15.4 Å². The number of halogens is 1. The first kappa shape index (κ1) is 15.0. The van der Waals surface area contributed by atoms with Crippen molar-refractivity contribution in [2.45, 2.75) is 19.1 Å². The zero-order valence-electron chi connectivity index (χ0n) is 12.4. The van der Waals surface area contributed by atoms with E-state index in [1.165, 1.54) is 13.0 Å². The van der Waals surface area contributed by atoms with Crippen LogP contribution in [0.5, 0.6) is 5.75 Å². The number of amides is 2. The lowest BCUT2D eigenvalue weighted by molar-refractivity contribution is -0.146. The first-order valence-corrected chi connectivity index (χ1v) is 7.12. The Morgan fingerprint density at radius 3 is 2.70 bits per heavy atom. The molecule has 0 unspecified atom stereocenters. The minimum atomic E-state index is -1.71. The van der Waals surface area contributed by atoms with E-state index in [1.54, 1.807) is 42.5 Å². The Morgan fingerprint density at radius 1 is 1.22 bits per heavy atom. The number of benzene rings is 2. The number of fused-ring (bicyclic) bond motifs is 1. The summed E-state index contributed by atoms with van der Waals surface area (Å²) in [6, 6.07) is 13.0. The van der Waals surface area contributed by atoms with E-state index in [9.17, 15) is 14.0 Å². The summed E-state index contributed by atoms with van der Waals surface area (Å²) in [6.07, 6.45) is 0. The first-order valence-electron chi connectivity index (χ1n) is 7.12. The Kier molecular flexibility index (Phi) is 3.73. The molecule has 0 spiro atoms. The van der Waals surface area contributed by atoms with Crippen molar-refractivity contribution in [2.24, 2.45) is 0 Å². The molecule has 2 aromatic carbocycles. The van der Waals surface area contributed by atoms with E-state index in [1.807, 2.05) is 0 Å². The number of para-hydroxylation sites is 2. The van der Waals surface area contributed by atoms with Crippen LogP contribution in [0.3, 0.4) is 0 Å². The van der Waals surface area contributed by atoms with Gasteiger partial charge in [-0.1, -0.05) is 30.3 Å². The highest BCUT2D eigenvalue weighted by Crippen LogP contribution is 2.33. The molecule has 0 aromatic heterocycles. The molecule has 2 aromatic rings. The van der Waals surface area contributed by atoms with Crippen LogP contribution in [-0.4, -0.2) is 17.4 Å². The van der Waals surface area contributed by atoms with Crippen LogP contribution in [0.1, 0.15) is 12.5 Å². The molecule has 0 fully saturated rings. The predicted molar refractivity (Wildman–Crippen MR) is 82.4 cm³/mol. The highest BCUT2D eigenvalue weighted by atomic mass is 19.1. The highest BCUT2D eigenvalue weighted by molar-refractivity contribution is 6.15. The molecule has 5 nitrogen and oxygen atoms in total. The van der Waals surface area contributed by atoms with Gasteiger partial charge in [-0.25, -0.2) is 4.39 Å². The minimum absolute atomic E-state index is 0.0284. The number of anilines is 1. The molecule has 2 amide bonds. The summed E-state index contributed by atoms with van der Waals surface area (Å²) < 4.78 is 19.2. The van der Waals surface area contributed by atoms with Crippen LogP contribution in [-0.2, 0) is 16.1 Å². The van der Waals surface area contributed by atoms with Crippen LogP contribution in [0.4, 0.5) is 10.1 Å². The normalized spacial score (nSPS) is 19.3. The molecule has 1 heterocycles. The summed E-state index contributed by atoms with van der Waals surface area (Å²) in [6.45, 7) is 1.36. The summed E-state index contributed by atoms with van der Waals surface area (Å²) in [4.78, 5) is 24.6. The van der Waals surface area contributed by atoms with Gasteiger partial charge in [0.2, 0.25) is 0 Å². The Bertz CT molecular complexity index is 778. The maximum Gasteiger partial charge on any atom is 0.278 e. The van der Waals surface area contributed by atoms with Crippen molar-refractivity contribution in [3.8, 4) is 5.75 Å². The Balaban J connectivity index is 1.76. The number of rotatable bonds is 3. The van der Waals surface area contributed by atoms with Gasteiger partial charge >= 0.3 is 0 Å². The average Bonchev–Trinajstić information content (AvgIpc) is 2.55. The lowest BCUT2D eigenvalue weighted by Crippen LogP contribution is -2.58. The molecule has 1 aliphatic rings. The van der Waals surface area contributed by atoms with E-state index in [0.717, 1.165) is 0 Å². The smallest absolute Gasteiger partial charge is 0.278 e. The Morgan fingerprint density at radius 2 is 1.91 bits per heavy atom. The van der Waals surface area contributed by atoms with Crippen molar-refractivity contribution >= 4 is 17.5 Å². The average molecular weight is 314 g/mol. The van der Waals surface area contributed by atoms with E-state index in [2.05, 4.69) is 10.6 Å². The molecule has 0 saturated carbocycles. The summed E-state index contributed by atoms with van der Waals surface area (Å²) in [5, 5.41) is 5.19. The second kappa shape index (κ2) is 5.72. The molecule has 2 N–H and O–H groups in total. The highest BCUT2D eigenvalue weighted by Gasteiger charge is 2.47. The molecule has 0 bridgehead atoms. The third-order valence-corrected chi connectivity index (χ3v) is 3.71. The zero-order chi connectivity index (χ0) is 16.4. The van der Waals surface area contributed by atoms with E-state index in [-0.39, 0.29) is 6.54 Å². The fourth-order valence-electron chi connectivity index (χ4n) is 2.30. The predicted octanol–water partition coefficient (Wildman–Crippen LogP) is 2.23. The van der Waals surface area contributed by atoms with Gasteiger partial charge in [0.1, 0.15) is 11.6 Å².